The summed E-state index contributed by atoms with van der Waals surface area (Å²) in [6.45, 7) is 0. The molecule has 0 aliphatic heterocycles. The topological polar surface area (TPSA) is 178 Å². The lowest BCUT2D eigenvalue weighted by molar-refractivity contribution is -0.108. The molecule has 0 unspecified atom stereocenters. The highest BCUT2D eigenvalue weighted by atomic mass is 32.2. The van der Waals surface area contributed by atoms with Crippen LogP contribution >= 0.6 is 0 Å². The molecule has 3 rings (SSSR count). The highest BCUT2D eigenvalue weighted by Gasteiger charge is 2.41. The largest absolute Gasteiger partial charge is 0.492 e. The molecule has 0 atom stereocenters. The van der Waals surface area contributed by atoms with Crippen LogP contribution in [0.15, 0.2) is 0 Å². The fourth-order valence-electron chi connectivity index (χ4n) is 3.15. The van der Waals surface area contributed by atoms with Crippen molar-refractivity contribution in [3.8, 4) is 23.5 Å². The highest BCUT2D eigenvalue weighted by Crippen LogP contribution is 2.46. The number of hydrogen-bond acceptors (Lipinski definition) is 10. The van der Waals surface area contributed by atoms with Gasteiger partial charge in [-0.15, -0.1) is 0 Å². The summed E-state index contributed by atoms with van der Waals surface area (Å²) in [6, 6.07) is 0. The standard InChI is InChI=1S/C14H12F6N2O10S2/c15-13(16,17)3-33(27,28)31-21-9(23)5-1-6-8(2-7(5)11(21)25)12(26)22(10(6)24)32-34(29,30)4-14(18,19)20/h23-26H,1-4H2. The number of aromatic hydroxyl groups is 4. The Hall–Kier alpha value is -3.16. The second kappa shape index (κ2) is 7.68. The fraction of sp³-hybridized carbons (Fsp3) is 0.429. The average Bonchev–Trinajstić information content (AvgIpc) is 2.97. The van der Waals surface area contributed by atoms with Crippen LogP contribution in [0.1, 0.15) is 22.3 Å². The van der Waals surface area contributed by atoms with Crippen molar-refractivity contribution in [2.24, 2.45) is 0 Å². The number of nitrogens with zero attached hydrogens (tertiary/aromatic N) is 2. The molecule has 0 spiro atoms. The predicted molar refractivity (Wildman–Crippen MR) is 94.0 cm³/mol. The van der Waals surface area contributed by atoms with Crippen LogP contribution in [-0.4, -0.2) is 70.6 Å². The number of fused-ring (bicyclic) bond motifs is 2. The first-order valence-electron chi connectivity index (χ1n) is 8.49. The molecule has 0 radical (unpaired) electrons. The van der Waals surface area contributed by atoms with E-state index in [2.05, 4.69) is 8.57 Å². The van der Waals surface area contributed by atoms with E-state index in [1.54, 1.807) is 0 Å². The van der Waals surface area contributed by atoms with Gasteiger partial charge in [0.1, 0.15) is 0 Å². The van der Waals surface area contributed by atoms with Crippen molar-refractivity contribution in [3.63, 3.8) is 0 Å². The Morgan fingerprint density at radius 2 is 0.853 bits per heavy atom. The van der Waals surface area contributed by atoms with Crippen molar-refractivity contribution in [3.05, 3.63) is 22.3 Å². The van der Waals surface area contributed by atoms with Crippen LogP contribution in [-0.2, 0) is 33.1 Å². The summed E-state index contributed by atoms with van der Waals surface area (Å²) in [5.74, 6) is -9.83. The van der Waals surface area contributed by atoms with Crippen molar-refractivity contribution >= 4 is 20.2 Å². The minimum atomic E-state index is -5.41. The Balaban J connectivity index is 1.97. The molecule has 2 aromatic heterocycles. The van der Waals surface area contributed by atoms with Gasteiger partial charge < -0.3 is 20.4 Å². The first kappa shape index (κ1) is 25.5. The second-order valence-electron chi connectivity index (χ2n) is 6.93. The molecule has 0 amide bonds. The molecule has 2 aromatic rings. The lowest BCUT2D eigenvalue weighted by Crippen LogP contribution is -2.30. The first-order chi connectivity index (χ1) is 15.2. The van der Waals surface area contributed by atoms with Crippen LogP contribution < -0.4 is 8.57 Å². The monoisotopic (exact) mass is 546 g/mol. The third-order valence-electron chi connectivity index (χ3n) is 4.34. The molecule has 1 aliphatic rings. The highest BCUT2D eigenvalue weighted by molar-refractivity contribution is 7.87. The van der Waals surface area contributed by atoms with E-state index >= 15 is 0 Å². The van der Waals surface area contributed by atoms with Crippen LogP contribution in [0.3, 0.4) is 0 Å². The number of rotatable bonds is 6. The van der Waals surface area contributed by atoms with E-state index in [-0.39, 0.29) is 9.46 Å². The van der Waals surface area contributed by atoms with Gasteiger partial charge in [-0.25, -0.2) is 0 Å². The van der Waals surface area contributed by atoms with Crippen molar-refractivity contribution in [2.75, 3.05) is 11.5 Å². The normalized spacial score (nSPS) is 14.5. The Kier molecular flexibility index (Phi) is 5.75. The number of halogens is 6. The molecule has 20 heteroatoms. The van der Waals surface area contributed by atoms with E-state index < -0.39 is 103 Å². The molecule has 0 fully saturated rings. The van der Waals surface area contributed by atoms with E-state index in [9.17, 15) is 63.6 Å². The number of hydrogen-bond donors (Lipinski definition) is 4. The van der Waals surface area contributed by atoms with Gasteiger partial charge in [0.15, 0.2) is 11.5 Å². The maximum atomic E-state index is 12.4. The third kappa shape index (κ3) is 5.00. The smallest absolute Gasteiger partial charge is 0.406 e. The molecule has 0 aromatic carbocycles. The SMILES string of the molecule is O=S(=O)(CC(F)(F)F)On1c(O)c2c(c1O)Cc1c(c(O)n(OS(=O)(=O)CC(F)(F)F)c1O)C2. The van der Waals surface area contributed by atoms with E-state index in [1.165, 1.54) is 0 Å². The summed E-state index contributed by atoms with van der Waals surface area (Å²) in [5.41, 5.74) is -1.67. The summed E-state index contributed by atoms with van der Waals surface area (Å²) in [6.07, 6.45) is -11.9. The zero-order valence-electron chi connectivity index (χ0n) is 16.0. The molecule has 0 bridgehead atoms. The van der Waals surface area contributed by atoms with Gasteiger partial charge in [0.2, 0.25) is 23.5 Å². The minimum Gasteiger partial charge on any atom is -0.492 e. The minimum absolute atomic E-state index is 0.246. The van der Waals surface area contributed by atoms with Gasteiger partial charge >= 0.3 is 32.6 Å². The summed E-state index contributed by atoms with van der Waals surface area (Å²) in [7, 11) is -10.8. The Bertz CT molecular complexity index is 1200. The third-order valence-corrected chi connectivity index (χ3v) is 6.46. The van der Waals surface area contributed by atoms with Gasteiger partial charge in [-0.3, -0.25) is 8.57 Å². The van der Waals surface area contributed by atoms with Crippen LogP contribution in [0.2, 0.25) is 0 Å². The maximum absolute atomic E-state index is 12.4. The number of aromatic nitrogens is 2. The lowest BCUT2D eigenvalue weighted by Gasteiger charge is -2.11. The second-order valence-corrected chi connectivity index (χ2v) is 10.0. The molecule has 0 saturated heterocycles. The van der Waals surface area contributed by atoms with E-state index in [4.69, 9.17) is 0 Å². The predicted octanol–water partition coefficient (Wildman–Crippen LogP) is 0.248. The summed E-state index contributed by atoms with van der Waals surface area (Å²) < 4.78 is 128. The molecule has 1 aliphatic carbocycles. The molecular weight excluding hydrogens is 534 g/mol. The molecule has 34 heavy (non-hydrogen) atoms. The summed E-state index contributed by atoms with van der Waals surface area (Å²) in [5, 5.41) is 40.6. The van der Waals surface area contributed by atoms with E-state index in [1.807, 2.05) is 0 Å². The Labute approximate surface area is 184 Å². The van der Waals surface area contributed by atoms with Gasteiger partial charge in [0, 0.05) is 35.1 Å². The van der Waals surface area contributed by atoms with Crippen LogP contribution in [0, 0.1) is 0 Å². The Morgan fingerprint density at radius 3 is 1.06 bits per heavy atom. The van der Waals surface area contributed by atoms with Crippen molar-refractivity contribution in [1.82, 2.24) is 9.46 Å². The van der Waals surface area contributed by atoms with Crippen molar-refractivity contribution in [2.45, 2.75) is 25.2 Å². The quantitative estimate of drug-likeness (QED) is 0.313. The zero-order valence-corrected chi connectivity index (χ0v) is 17.7. The van der Waals surface area contributed by atoms with Gasteiger partial charge in [-0.05, 0) is 0 Å². The van der Waals surface area contributed by atoms with Crippen LogP contribution in [0.5, 0.6) is 23.5 Å². The van der Waals surface area contributed by atoms with Crippen LogP contribution in [0.4, 0.5) is 26.3 Å². The molecule has 4 N–H and O–H groups in total. The molecule has 0 saturated carbocycles. The van der Waals surface area contributed by atoms with Gasteiger partial charge in [-0.1, -0.05) is 9.46 Å². The average molecular weight is 546 g/mol. The van der Waals surface area contributed by atoms with Gasteiger partial charge in [0.25, 0.3) is 0 Å². The van der Waals surface area contributed by atoms with Crippen molar-refractivity contribution < 1.29 is 72.2 Å². The lowest BCUT2D eigenvalue weighted by atomic mass is 9.90. The number of alkyl halides is 6. The van der Waals surface area contributed by atoms with E-state index in [0.717, 1.165) is 0 Å². The van der Waals surface area contributed by atoms with Crippen molar-refractivity contribution in [1.29, 1.82) is 0 Å². The molecule has 2 heterocycles. The van der Waals surface area contributed by atoms with Crippen LogP contribution in [0.25, 0.3) is 0 Å². The molecular formula is C14H12F6N2O10S2. The molecule has 192 valence electrons. The molecule has 12 nitrogen and oxygen atoms in total. The van der Waals surface area contributed by atoms with Gasteiger partial charge in [0.05, 0.1) is 0 Å². The van der Waals surface area contributed by atoms with Gasteiger partial charge in [-0.2, -0.15) is 43.2 Å². The zero-order chi connectivity index (χ0) is 26.0. The fourth-order valence-corrected chi connectivity index (χ4v) is 4.79. The first-order valence-corrected chi connectivity index (χ1v) is 11.6. The summed E-state index contributed by atoms with van der Waals surface area (Å²) >= 11 is 0. The van der Waals surface area contributed by atoms with E-state index in [0.29, 0.717) is 0 Å². The Morgan fingerprint density at radius 1 is 0.618 bits per heavy atom. The maximum Gasteiger partial charge on any atom is 0.406 e. The summed E-state index contributed by atoms with van der Waals surface area (Å²) in [4.78, 5) is 0.